The molecule has 0 bridgehead atoms. The smallest absolute Gasteiger partial charge is 0.312 e. The molecule has 2 amide bonds. The Morgan fingerprint density at radius 3 is 2.31 bits per heavy atom. The number of benzene rings is 3. The quantitative estimate of drug-likeness (QED) is 0.497. The summed E-state index contributed by atoms with van der Waals surface area (Å²) in [6.45, 7) is 0.159. The molecule has 1 aliphatic heterocycles. The molecule has 0 aliphatic carbocycles. The van der Waals surface area contributed by atoms with E-state index in [9.17, 15) is 14.4 Å². The topological polar surface area (TPSA) is 94.2 Å². The van der Waals surface area contributed by atoms with Crippen LogP contribution in [-0.4, -0.2) is 38.5 Å². The van der Waals surface area contributed by atoms with E-state index in [4.69, 9.17) is 14.2 Å². The molecule has 8 nitrogen and oxygen atoms in total. The average molecular weight is 475 g/mol. The average Bonchev–Trinajstić information content (AvgIpc) is 3.29. The van der Waals surface area contributed by atoms with Gasteiger partial charge in [-0.15, -0.1) is 0 Å². The number of carbonyl (C=O) groups excluding carboxylic acids is 3. The number of rotatable bonds is 8. The number of ether oxygens (including phenoxy) is 3. The summed E-state index contributed by atoms with van der Waals surface area (Å²) in [5, 5.41) is 2.78. The molecule has 1 heterocycles. The Morgan fingerprint density at radius 2 is 1.63 bits per heavy atom. The SMILES string of the molecule is COc1ccc(NC(=O)C(OC(=O)C2CC(=O)N(c3cccc(OC)c3)C2)c2ccccc2)cc1. The molecule has 2 atom stereocenters. The Morgan fingerprint density at radius 1 is 0.914 bits per heavy atom. The second-order valence-electron chi connectivity index (χ2n) is 8.05. The first-order chi connectivity index (χ1) is 17.0. The fourth-order valence-corrected chi connectivity index (χ4v) is 3.89. The van der Waals surface area contributed by atoms with Crippen LogP contribution in [-0.2, 0) is 19.1 Å². The summed E-state index contributed by atoms with van der Waals surface area (Å²) in [6, 6.07) is 22.7. The van der Waals surface area contributed by atoms with Gasteiger partial charge in [-0.25, -0.2) is 0 Å². The van der Waals surface area contributed by atoms with Gasteiger partial charge in [0.2, 0.25) is 12.0 Å². The standard InChI is InChI=1S/C27H26N2O6/c1-33-22-13-11-20(12-14-22)28-26(31)25(18-7-4-3-5-8-18)35-27(32)19-15-24(30)29(17-19)21-9-6-10-23(16-21)34-2/h3-14,16,19,25H,15,17H2,1-2H3,(H,28,31). The number of amides is 2. The van der Waals surface area contributed by atoms with Crippen LogP contribution in [0.2, 0.25) is 0 Å². The summed E-state index contributed by atoms with van der Waals surface area (Å²) >= 11 is 0. The van der Waals surface area contributed by atoms with E-state index in [2.05, 4.69) is 5.32 Å². The van der Waals surface area contributed by atoms with Gasteiger partial charge in [-0.2, -0.15) is 0 Å². The summed E-state index contributed by atoms with van der Waals surface area (Å²) in [5.41, 5.74) is 1.70. The highest BCUT2D eigenvalue weighted by atomic mass is 16.5. The Kier molecular flexibility index (Phi) is 7.30. The molecule has 3 aromatic rings. The third-order valence-corrected chi connectivity index (χ3v) is 5.76. The van der Waals surface area contributed by atoms with Crippen molar-refractivity contribution in [1.82, 2.24) is 0 Å². The van der Waals surface area contributed by atoms with E-state index in [0.717, 1.165) is 0 Å². The zero-order valence-corrected chi connectivity index (χ0v) is 19.5. The zero-order valence-electron chi connectivity index (χ0n) is 19.5. The van der Waals surface area contributed by atoms with E-state index in [1.807, 2.05) is 6.07 Å². The van der Waals surface area contributed by atoms with Gasteiger partial charge in [-0.05, 0) is 36.4 Å². The maximum atomic E-state index is 13.1. The molecular formula is C27H26N2O6. The van der Waals surface area contributed by atoms with Gasteiger partial charge in [0.25, 0.3) is 5.91 Å². The lowest BCUT2D eigenvalue weighted by molar-refractivity contribution is -0.158. The molecule has 180 valence electrons. The van der Waals surface area contributed by atoms with Crippen LogP contribution in [0.3, 0.4) is 0 Å². The number of hydrogen-bond donors (Lipinski definition) is 1. The minimum absolute atomic E-state index is 0.00233. The van der Waals surface area contributed by atoms with Crippen molar-refractivity contribution in [3.8, 4) is 11.5 Å². The highest BCUT2D eigenvalue weighted by Crippen LogP contribution is 2.30. The number of nitrogens with one attached hydrogen (secondary N) is 1. The van der Waals surface area contributed by atoms with Gasteiger partial charge in [0.1, 0.15) is 11.5 Å². The number of hydrogen-bond acceptors (Lipinski definition) is 6. The van der Waals surface area contributed by atoms with Crippen molar-refractivity contribution in [2.24, 2.45) is 5.92 Å². The van der Waals surface area contributed by atoms with Crippen molar-refractivity contribution in [2.45, 2.75) is 12.5 Å². The van der Waals surface area contributed by atoms with Crippen LogP contribution >= 0.6 is 0 Å². The van der Waals surface area contributed by atoms with Gasteiger partial charge < -0.3 is 24.4 Å². The molecule has 2 unspecified atom stereocenters. The van der Waals surface area contributed by atoms with Crippen molar-refractivity contribution in [3.05, 3.63) is 84.4 Å². The first kappa shape index (κ1) is 23.8. The van der Waals surface area contributed by atoms with Crippen molar-refractivity contribution in [2.75, 3.05) is 31.0 Å². The summed E-state index contributed by atoms with van der Waals surface area (Å²) in [6.07, 6.45) is -1.18. The van der Waals surface area contributed by atoms with E-state index in [-0.39, 0.29) is 18.9 Å². The molecule has 0 aromatic heterocycles. The third kappa shape index (κ3) is 5.60. The van der Waals surface area contributed by atoms with E-state index >= 15 is 0 Å². The molecule has 0 saturated carbocycles. The minimum Gasteiger partial charge on any atom is -0.497 e. The molecule has 0 radical (unpaired) electrons. The molecule has 1 fully saturated rings. The van der Waals surface area contributed by atoms with E-state index in [1.54, 1.807) is 87.0 Å². The molecule has 1 N–H and O–H groups in total. The monoisotopic (exact) mass is 474 g/mol. The molecule has 8 heteroatoms. The lowest BCUT2D eigenvalue weighted by atomic mass is 10.1. The van der Waals surface area contributed by atoms with Gasteiger partial charge in [-0.1, -0.05) is 36.4 Å². The van der Waals surface area contributed by atoms with E-state index in [0.29, 0.717) is 28.4 Å². The highest BCUT2D eigenvalue weighted by molar-refractivity contribution is 6.00. The van der Waals surface area contributed by atoms with Crippen LogP contribution in [0.25, 0.3) is 0 Å². The van der Waals surface area contributed by atoms with E-state index < -0.39 is 23.9 Å². The van der Waals surface area contributed by atoms with E-state index in [1.165, 1.54) is 4.90 Å². The largest absolute Gasteiger partial charge is 0.497 e. The highest BCUT2D eigenvalue weighted by Gasteiger charge is 2.38. The van der Waals surface area contributed by atoms with Gasteiger partial charge >= 0.3 is 5.97 Å². The third-order valence-electron chi connectivity index (χ3n) is 5.76. The van der Waals surface area contributed by atoms with Crippen molar-refractivity contribution in [3.63, 3.8) is 0 Å². The molecule has 35 heavy (non-hydrogen) atoms. The first-order valence-electron chi connectivity index (χ1n) is 11.1. The number of carbonyl (C=O) groups is 3. The molecular weight excluding hydrogens is 448 g/mol. The molecule has 1 saturated heterocycles. The lowest BCUT2D eigenvalue weighted by Crippen LogP contribution is -2.30. The van der Waals surface area contributed by atoms with Crippen LogP contribution in [0.4, 0.5) is 11.4 Å². The number of esters is 1. The second kappa shape index (κ2) is 10.7. The summed E-state index contributed by atoms with van der Waals surface area (Å²) in [7, 11) is 3.10. The second-order valence-corrected chi connectivity index (χ2v) is 8.05. The Bertz CT molecular complexity index is 1200. The fraction of sp³-hybridized carbons (Fsp3) is 0.222. The molecule has 0 spiro atoms. The van der Waals surface area contributed by atoms with Gasteiger partial charge in [0, 0.05) is 36.0 Å². The number of nitrogens with zero attached hydrogens (tertiary/aromatic N) is 1. The maximum Gasteiger partial charge on any atom is 0.312 e. The Hall–Kier alpha value is -4.33. The lowest BCUT2D eigenvalue weighted by Gasteiger charge is -2.21. The number of anilines is 2. The summed E-state index contributed by atoms with van der Waals surface area (Å²) in [4.78, 5) is 40.4. The van der Waals surface area contributed by atoms with Crippen molar-refractivity contribution < 1.29 is 28.6 Å². The van der Waals surface area contributed by atoms with Crippen LogP contribution < -0.4 is 19.7 Å². The molecule has 3 aromatic carbocycles. The predicted molar refractivity (Wildman–Crippen MR) is 130 cm³/mol. The summed E-state index contributed by atoms with van der Waals surface area (Å²) in [5.74, 6) is -0.736. The van der Waals surface area contributed by atoms with Crippen LogP contribution in [0, 0.1) is 5.92 Å². The first-order valence-corrected chi connectivity index (χ1v) is 11.1. The van der Waals surface area contributed by atoms with Gasteiger partial charge in [0.15, 0.2) is 0 Å². The Balaban J connectivity index is 1.49. The van der Waals surface area contributed by atoms with Gasteiger partial charge in [-0.3, -0.25) is 14.4 Å². The van der Waals surface area contributed by atoms with Crippen LogP contribution in [0.1, 0.15) is 18.1 Å². The van der Waals surface area contributed by atoms with Crippen LogP contribution in [0.15, 0.2) is 78.9 Å². The predicted octanol–water partition coefficient (Wildman–Crippen LogP) is 3.98. The summed E-state index contributed by atoms with van der Waals surface area (Å²) < 4.78 is 16.1. The van der Waals surface area contributed by atoms with Gasteiger partial charge in [0.05, 0.1) is 20.1 Å². The van der Waals surface area contributed by atoms with Crippen molar-refractivity contribution in [1.29, 1.82) is 0 Å². The van der Waals surface area contributed by atoms with Crippen LogP contribution in [0.5, 0.6) is 11.5 Å². The minimum atomic E-state index is -1.17. The number of methoxy groups -OCH3 is 2. The fourth-order valence-electron chi connectivity index (χ4n) is 3.89. The Labute approximate surface area is 203 Å². The van der Waals surface area contributed by atoms with Crippen molar-refractivity contribution >= 4 is 29.2 Å². The maximum absolute atomic E-state index is 13.1. The normalized spacial score (nSPS) is 15.9. The zero-order chi connectivity index (χ0) is 24.8. The molecule has 4 rings (SSSR count). The molecule has 1 aliphatic rings.